The molecule has 0 radical (unpaired) electrons. The van der Waals surface area contributed by atoms with Crippen LogP contribution >= 0.6 is 0 Å². The van der Waals surface area contributed by atoms with Gasteiger partial charge in [-0.3, -0.25) is 0 Å². The topological polar surface area (TPSA) is 38.7 Å². The summed E-state index contributed by atoms with van der Waals surface area (Å²) >= 11 is 0. The Morgan fingerprint density at radius 2 is 0.704 bits per heavy atom. The molecule has 0 atom stereocenters. The lowest BCUT2D eigenvalue weighted by molar-refractivity contribution is 1.08. The van der Waals surface area contributed by atoms with Crippen molar-refractivity contribution in [3.8, 4) is 67.5 Å². The van der Waals surface area contributed by atoms with Crippen molar-refractivity contribution in [1.29, 1.82) is 0 Å². The first-order valence-electron chi connectivity index (χ1n) is 18.3. The van der Waals surface area contributed by atoms with E-state index in [1.807, 2.05) is 6.07 Å². The van der Waals surface area contributed by atoms with Gasteiger partial charge in [-0.1, -0.05) is 170 Å². The maximum absolute atomic E-state index is 5.21. The van der Waals surface area contributed by atoms with Crippen LogP contribution in [0, 0.1) is 0 Å². The smallest absolute Gasteiger partial charge is 0.164 e. The highest BCUT2D eigenvalue weighted by atomic mass is 15.0. The van der Waals surface area contributed by atoms with Gasteiger partial charge >= 0.3 is 0 Å². The van der Waals surface area contributed by atoms with Crippen molar-refractivity contribution in [2.24, 2.45) is 0 Å². The minimum Gasteiger partial charge on any atom is -0.208 e. The summed E-state index contributed by atoms with van der Waals surface area (Å²) in [7, 11) is 0. The van der Waals surface area contributed by atoms with Crippen molar-refractivity contribution in [2.75, 3.05) is 0 Å². The minimum absolute atomic E-state index is 0.633. The monoisotopic (exact) mass is 687 g/mol. The second-order valence-corrected chi connectivity index (χ2v) is 13.7. The van der Waals surface area contributed by atoms with E-state index in [1.165, 1.54) is 27.3 Å². The molecule has 0 aliphatic rings. The van der Waals surface area contributed by atoms with Crippen molar-refractivity contribution < 1.29 is 0 Å². The van der Waals surface area contributed by atoms with Crippen LogP contribution in [0.15, 0.2) is 200 Å². The molecule has 252 valence electrons. The van der Waals surface area contributed by atoms with E-state index in [1.54, 1.807) is 0 Å². The van der Waals surface area contributed by atoms with E-state index >= 15 is 0 Å². The molecule has 0 N–H and O–H groups in total. The van der Waals surface area contributed by atoms with E-state index in [-0.39, 0.29) is 0 Å². The van der Waals surface area contributed by atoms with Crippen LogP contribution in [0.1, 0.15) is 0 Å². The van der Waals surface area contributed by atoms with Crippen molar-refractivity contribution in [1.82, 2.24) is 15.0 Å². The molecule has 10 aromatic rings. The lowest BCUT2D eigenvalue weighted by Crippen LogP contribution is -2.01. The predicted molar refractivity (Wildman–Crippen MR) is 225 cm³/mol. The molecule has 1 aromatic heterocycles. The average molecular weight is 688 g/mol. The van der Waals surface area contributed by atoms with Gasteiger partial charge in [0, 0.05) is 16.7 Å². The maximum atomic E-state index is 5.21. The van der Waals surface area contributed by atoms with Crippen LogP contribution in [-0.4, -0.2) is 15.0 Å². The van der Waals surface area contributed by atoms with Crippen LogP contribution < -0.4 is 0 Å². The Balaban J connectivity index is 1.13. The van der Waals surface area contributed by atoms with Gasteiger partial charge in [-0.05, 0) is 96.0 Å². The fourth-order valence-corrected chi connectivity index (χ4v) is 7.56. The molecule has 0 bridgehead atoms. The van der Waals surface area contributed by atoms with Crippen molar-refractivity contribution in [3.05, 3.63) is 200 Å². The minimum atomic E-state index is 0.633. The standard InChI is InChI=1S/C51H33N3/c1-3-13-34(14-4-1)37-20-11-21-42(30-37)49-52-50(54-51(53-49)44-32-40-18-8-10-23-47(40)48(33-44)36-15-5-2-6-16-36)43-28-26-38-29-41(27-25-39(38)31-43)46-24-12-19-35-17-7-9-22-45(35)46/h1-33H. The number of rotatable bonds is 6. The van der Waals surface area contributed by atoms with Crippen LogP contribution in [0.2, 0.25) is 0 Å². The van der Waals surface area contributed by atoms with E-state index in [2.05, 4.69) is 194 Å². The predicted octanol–water partition coefficient (Wildman–Crippen LogP) is 13.3. The SMILES string of the molecule is c1ccc(-c2cccc(-c3nc(-c4ccc5cc(-c6cccc7ccccc67)ccc5c4)nc(-c4cc(-c5ccccc5)c5ccccc5c4)n3)c2)cc1. The third kappa shape index (κ3) is 5.88. The lowest BCUT2D eigenvalue weighted by atomic mass is 9.95. The van der Waals surface area contributed by atoms with E-state index in [0.717, 1.165) is 55.1 Å². The van der Waals surface area contributed by atoms with Crippen molar-refractivity contribution >= 4 is 32.3 Å². The first-order valence-corrected chi connectivity index (χ1v) is 18.3. The highest BCUT2D eigenvalue weighted by Gasteiger charge is 2.16. The molecule has 10 rings (SSSR count). The van der Waals surface area contributed by atoms with Crippen molar-refractivity contribution in [2.45, 2.75) is 0 Å². The van der Waals surface area contributed by atoms with Crippen LogP contribution in [0.5, 0.6) is 0 Å². The van der Waals surface area contributed by atoms with E-state index in [0.29, 0.717) is 17.5 Å². The molecule has 0 fully saturated rings. The number of nitrogens with zero attached hydrogens (tertiary/aromatic N) is 3. The molecule has 54 heavy (non-hydrogen) atoms. The van der Waals surface area contributed by atoms with Gasteiger partial charge < -0.3 is 0 Å². The summed E-state index contributed by atoms with van der Waals surface area (Å²) in [6.07, 6.45) is 0. The molecular weight excluding hydrogens is 655 g/mol. The highest BCUT2D eigenvalue weighted by molar-refractivity contribution is 6.01. The summed E-state index contributed by atoms with van der Waals surface area (Å²) in [5.74, 6) is 1.90. The highest BCUT2D eigenvalue weighted by Crippen LogP contribution is 2.36. The summed E-state index contributed by atoms with van der Waals surface area (Å²) in [6, 6.07) is 70.6. The molecule has 0 unspecified atom stereocenters. The second kappa shape index (κ2) is 13.4. The van der Waals surface area contributed by atoms with Gasteiger partial charge in [-0.25, -0.2) is 15.0 Å². The summed E-state index contributed by atoms with van der Waals surface area (Å²) < 4.78 is 0. The largest absolute Gasteiger partial charge is 0.208 e. The second-order valence-electron chi connectivity index (χ2n) is 13.7. The number of aromatic nitrogens is 3. The third-order valence-corrected chi connectivity index (χ3v) is 10.3. The molecule has 9 aromatic carbocycles. The number of benzene rings is 9. The van der Waals surface area contributed by atoms with Gasteiger partial charge in [-0.2, -0.15) is 0 Å². The van der Waals surface area contributed by atoms with Gasteiger partial charge in [0.05, 0.1) is 0 Å². The van der Waals surface area contributed by atoms with Crippen LogP contribution in [0.3, 0.4) is 0 Å². The zero-order chi connectivity index (χ0) is 35.8. The van der Waals surface area contributed by atoms with E-state index < -0.39 is 0 Å². The first kappa shape index (κ1) is 31.5. The Kier molecular flexibility index (Phi) is 7.81. The number of fused-ring (bicyclic) bond motifs is 3. The Hall–Kier alpha value is -7.23. The van der Waals surface area contributed by atoms with E-state index in [4.69, 9.17) is 15.0 Å². The third-order valence-electron chi connectivity index (χ3n) is 10.3. The van der Waals surface area contributed by atoms with Gasteiger partial charge in [0.25, 0.3) is 0 Å². The molecule has 0 saturated heterocycles. The Labute approximate surface area is 313 Å². The summed E-state index contributed by atoms with van der Waals surface area (Å²) in [4.78, 5) is 15.6. The number of hydrogen-bond donors (Lipinski definition) is 0. The molecule has 0 saturated carbocycles. The molecule has 0 amide bonds. The number of hydrogen-bond acceptors (Lipinski definition) is 3. The molecule has 0 spiro atoms. The van der Waals surface area contributed by atoms with Gasteiger partial charge in [-0.15, -0.1) is 0 Å². The Bertz CT molecular complexity index is 2980. The first-order chi connectivity index (χ1) is 26.7. The van der Waals surface area contributed by atoms with E-state index in [9.17, 15) is 0 Å². The summed E-state index contributed by atoms with van der Waals surface area (Å²) in [5.41, 5.74) is 9.80. The molecule has 3 nitrogen and oxygen atoms in total. The van der Waals surface area contributed by atoms with Crippen LogP contribution in [-0.2, 0) is 0 Å². The normalized spacial score (nSPS) is 11.3. The maximum Gasteiger partial charge on any atom is 0.164 e. The quantitative estimate of drug-likeness (QED) is 0.175. The lowest BCUT2D eigenvalue weighted by Gasteiger charge is -2.13. The Morgan fingerprint density at radius 1 is 0.222 bits per heavy atom. The molecular formula is C51H33N3. The molecule has 3 heteroatoms. The zero-order valence-electron chi connectivity index (χ0n) is 29.4. The zero-order valence-corrected chi connectivity index (χ0v) is 29.4. The fourth-order valence-electron chi connectivity index (χ4n) is 7.56. The van der Waals surface area contributed by atoms with Gasteiger partial charge in [0.2, 0.25) is 0 Å². The average Bonchev–Trinajstić information content (AvgIpc) is 3.26. The molecule has 0 aliphatic carbocycles. The summed E-state index contributed by atoms with van der Waals surface area (Å²) in [6.45, 7) is 0. The van der Waals surface area contributed by atoms with Crippen LogP contribution in [0.4, 0.5) is 0 Å². The van der Waals surface area contributed by atoms with Gasteiger partial charge in [0.15, 0.2) is 17.5 Å². The molecule has 0 aliphatic heterocycles. The Morgan fingerprint density at radius 3 is 1.44 bits per heavy atom. The molecule has 1 heterocycles. The van der Waals surface area contributed by atoms with Gasteiger partial charge in [0.1, 0.15) is 0 Å². The fraction of sp³-hybridized carbons (Fsp3) is 0. The van der Waals surface area contributed by atoms with Crippen LogP contribution in [0.25, 0.3) is 99.9 Å². The summed E-state index contributed by atoms with van der Waals surface area (Å²) in [5, 5.41) is 7.11. The van der Waals surface area contributed by atoms with Crippen molar-refractivity contribution in [3.63, 3.8) is 0 Å².